The number of aromatic nitrogens is 3. The van der Waals surface area contributed by atoms with E-state index in [1.165, 1.54) is 12.3 Å². The van der Waals surface area contributed by atoms with Gasteiger partial charge in [-0.2, -0.15) is 18.2 Å². The van der Waals surface area contributed by atoms with E-state index in [0.29, 0.717) is 0 Å². The number of nitrogens with zero attached hydrogens (tertiary/aromatic N) is 3. The van der Waals surface area contributed by atoms with Crippen LogP contribution in [0.1, 0.15) is 5.82 Å². The van der Waals surface area contributed by atoms with Gasteiger partial charge in [0, 0.05) is 6.20 Å². The monoisotopic (exact) mass is 231 g/mol. The summed E-state index contributed by atoms with van der Waals surface area (Å²) in [6.45, 7) is 0. The van der Waals surface area contributed by atoms with Crippen LogP contribution in [0, 0.1) is 0 Å². The van der Waals surface area contributed by atoms with Gasteiger partial charge < -0.3 is 9.63 Å². The van der Waals surface area contributed by atoms with Gasteiger partial charge in [0.1, 0.15) is 5.75 Å². The van der Waals surface area contributed by atoms with Crippen LogP contribution in [0.5, 0.6) is 5.75 Å². The maximum atomic E-state index is 12.2. The van der Waals surface area contributed by atoms with E-state index in [2.05, 4.69) is 19.6 Å². The number of halogens is 3. The van der Waals surface area contributed by atoms with Gasteiger partial charge in [0.15, 0.2) is 0 Å². The van der Waals surface area contributed by atoms with Gasteiger partial charge >= 0.3 is 6.18 Å². The molecule has 0 aromatic carbocycles. The topological polar surface area (TPSA) is 72.0 Å². The second kappa shape index (κ2) is 3.47. The van der Waals surface area contributed by atoms with E-state index < -0.39 is 17.9 Å². The molecule has 0 spiro atoms. The maximum Gasteiger partial charge on any atom is 0.455 e. The number of hydrogen-bond acceptors (Lipinski definition) is 5. The van der Waals surface area contributed by atoms with E-state index >= 15 is 0 Å². The molecular weight excluding hydrogens is 227 g/mol. The van der Waals surface area contributed by atoms with Crippen molar-refractivity contribution < 1.29 is 22.8 Å². The molecule has 5 nitrogen and oxygen atoms in total. The third kappa shape index (κ3) is 1.81. The minimum atomic E-state index is -4.68. The molecule has 8 heteroatoms. The first-order valence-corrected chi connectivity index (χ1v) is 4.03. The van der Waals surface area contributed by atoms with Crippen LogP contribution in [0.2, 0.25) is 0 Å². The highest BCUT2D eigenvalue weighted by Gasteiger charge is 2.37. The van der Waals surface area contributed by atoms with Crippen LogP contribution in [0.25, 0.3) is 11.5 Å². The third-order valence-electron chi connectivity index (χ3n) is 1.71. The average Bonchev–Trinajstić information content (AvgIpc) is 2.66. The van der Waals surface area contributed by atoms with Gasteiger partial charge in [0.2, 0.25) is 0 Å². The second-order valence-electron chi connectivity index (χ2n) is 2.81. The summed E-state index contributed by atoms with van der Waals surface area (Å²) in [5.41, 5.74) is -0.00185. The number of alkyl halides is 3. The highest BCUT2D eigenvalue weighted by molar-refractivity contribution is 5.60. The quantitative estimate of drug-likeness (QED) is 0.810. The van der Waals surface area contributed by atoms with Crippen molar-refractivity contribution in [1.82, 2.24) is 15.1 Å². The molecule has 0 amide bonds. The van der Waals surface area contributed by atoms with Gasteiger partial charge in [0.05, 0.1) is 11.8 Å². The molecule has 84 valence electrons. The van der Waals surface area contributed by atoms with E-state index in [0.717, 1.165) is 6.20 Å². The van der Waals surface area contributed by atoms with Gasteiger partial charge in [-0.25, -0.2) is 0 Å². The smallest absolute Gasteiger partial charge is 0.455 e. The Kier molecular flexibility index (Phi) is 2.26. The SMILES string of the molecule is Oc1cnccc1-c1nc(C(F)(F)F)no1. The van der Waals surface area contributed by atoms with Crippen molar-refractivity contribution in [2.75, 3.05) is 0 Å². The van der Waals surface area contributed by atoms with Crippen molar-refractivity contribution in [2.45, 2.75) is 6.18 Å². The van der Waals surface area contributed by atoms with Crippen LogP contribution >= 0.6 is 0 Å². The van der Waals surface area contributed by atoms with Crippen LogP contribution in [-0.4, -0.2) is 20.2 Å². The van der Waals surface area contributed by atoms with Gasteiger partial charge in [-0.1, -0.05) is 5.16 Å². The van der Waals surface area contributed by atoms with E-state index in [1.54, 1.807) is 0 Å². The summed E-state index contributed by atoms with van der Waals surface area (Å²) in [4.78, 5) is 6.69. The lowest BCUT2D eigenvalue weighted by atomic mass is 10.2. The highest BCUT2D eigenvalue weighted by atomic mass is 19.4. The zero-order valence-corrected chi connectivity index (χ0v) is 7.56. The van der Waals surface area contributed by atoms with Crippen LogP contribution in [0.4, 0.5) is 13.2 Å². The lowest BCUT2D eigenvalue weighted by molar-refractivity contribution is -0.146. The molecular formula is C8H4F3N3O2. The summed E-state index contributed by atoms with van der Waals surface area (Å²) in [5.74, 6) is -2.13. The van der Waals surface area contributed by atoms with E-state index in [-0.39, 0.29) is 11.3 Å². The lowest BCUT2D eigenvalue weighted by Crippen LogP contribution is -2.07. The van der Waals surface area contributed by atoms with Crippen molar-refractivity contribution in [3.63, 3.8) is 0 Å². The van der Waals surface area contributed by atoms with Crippen molar-refractivity contribution in [3.8, 4) is 17.2 Å². The fourth-order valence-electron chi connectivity index (χ4n) is 1.01. The average molecular weight is 231 g/mol. The van der Waals surface area contributed by atoms with Gasteiger partial charge in [0.25, 0.3) is 11.7 Å². The Morgan fingerprint density at radius 1 is 1.31 bits per heavy atom. The molecule has 0 saturated heterocycles. The molecule has 2 aromatic rings. The van der Waals surface area contributed by atoms with Crippen LogP contribution in [-0.2, 0) is 6.18 Å². The van der Waals surface area contributed by atoms with Crippen molar-refractivity contribution >= 4 is 0 Å². The molecule has 2 heterocycles. The number of pyridine rings is 1. The zero-order chi connectivity index (χ0) is 11.8. The fourth-order valence-corrected chi connectivity index (χ4v) is 1.01. The first-order chi connectivity index (χ1) is 7.48. The molecule has 0 saturated carbocycles. The molecule has 1 N–H and O–H groups in total. The Labute approximate surface area is 86.5 Å². The molecule has 0 fully saturated rings. The molecule has 0 unspecified atom stereocenters. The molecule has 16 heavy (non-hydrogen) atoms. The lowest BCUT2D eigenvalue weighted by Gasteiger charge is -1.97. The Balaban J connectivity index is 2.44. The summed E-state index contributed by atoms with van der Waals surface area (Å²) in [6.07, 6.45) is -2.33. The zero-order valence-electron chi connectivity index (χ0n) is 7.56. The maximum absolute atomic E-state index is 12.2. The highest BCUT2D eigenvalue weighted by Crippen LogP contribution is 2.31. The number of rotatable bonds is 1. The Morgan fingerprint density at radius 3 is 2.62 bits per heavy atom. The molecule has 0 bridgehead atoms. The molecule has 0 aliphatic rings. The Morgan fingerprint density at radius 2 is 2.06 bits per heavy atom. The Bertz CT molecular complexity index is 509. The number of aromatic hydroxyl groups is 1. The largest absolute Gasteiger partial charge is 0.505 e. The first kappa shape index (κ1) is 10.4. The van der Waals surface area contributed by atoms with Gasteiger partial charge in [-0.15, -0.1) is 0 Å². The van der Waals surface area contributed by atoms with Crippen LogP contribution < -0.4 is 0 Å². The van der Waals surface area contributed by atoms with Crippen molar-refractivity contribution in [3.05, 3.63) is 24.3 Å². The van der Waals surface area contributed by atoms with Gasteiger partial charge in [-0.3, -0.25) is 4.98 Å². The van der Waals surface area contributed by atoms with Crippen LogP contribution in [0.15, 0.2) is 23.0 Å². The van der Waals surface area contributed by atoms with E-state index in [4.69, 9.17) is 0 Å². The fraction of sp³-hybridized carbons (Fsp3) is 0.125. The molecule has 0 atom stereocenters. The predicted molar refractivity (Wildman–Crippen MR) is 44.2 cm³/mol. The van der Waals surface area contributed by atoms with Crippen molar-refractivity contribution in [2.24, 2.45) is 0 Å². The van der Waals surface area contributed by atoms with E-state index in [1.807, 2.05) is 0 Å². The predicted octanol–water partition coefficient (Wildman–Crippen LogP) is 1.86. The molecule has 0 radical (unpaired) electrons. The second-order valence-corrected chi connectivity index (χ2v) is 2.81. The molecule has 2 rings (SSSR count). The first-order valence-electron chi connectivity index (χ1n) is 4.03. The number of hydrogen-bond donors (Lipinski definition) is 1. The molecule has 0 aliphatic heterocycles. The van der Waals surface area contributed by atoms with Crippen LogP contribution in [0.3, 0.4) is 0 Å². The summed E-state index contributed by atoms with van der Waals surface area (Å²) in [5, 5.41) is 12.1. The molecule has 2 aromatic heterocycles. The summed E-state index contributed by atoms with van der Waals surface area (Å²) in [6, 6.07) is 1.27. The minimum absolute atomic E-state index is 0.00185. The minimum Gasteiger partial charge on any atom is -0.505 e. The standard InChI is InChI=1S/C8H4F3N3O2/c9-8(10,11)7-13-6(16-14-7)4-1-2-12-3-5(4)15/h1-3,15H. The summed E-state index contributed by atoms with van der Waals surface area (Å²) < 4.78 is 40.9. The Hall–Kier alpha value is -2.12. The van der Waals surface area contributed by atoms with Gasteiger partial charge in [-0.05, 0) is 6.07 Å². The summed E-state index contributed by atoms with van der Waals surface area (Å²) in [7, 11) is 0. The molecule has 0 aliphatic carbocycles. The normalized spacial score (nSPS) is 11.7. The van der Waals surface area contributed by atoms with E-state index in [9.17, 15) is 18.3 Å². The third-order valence-corrected chi connectivity index (χ3v) is 1.71. The summed E-state index contributed by atoms with van der Waals surface area (Å²) >= 11 is 0. The van der Waals surface area contributed by atoms with Crippen molar-refractivity contribution in [1.29, 1.82) is 0 Å².